The molecule has 2 aliphatic heterocycles. The monoisotopic (exact) mass is 1060 g/mol. The zero-order chi connectivity index (χ0) is 55.0. The number of hydrogen-bond acceptors (Lipinski definition) is 9. The molecule has 0 unspecified atom stereocenters. The zero-order valence-corrected chi connectivity index (χ0v) is 43.9. The molecule has 2 aliphatic rings. The largest absolute Gasteiger partial charge is 0.481 e. The quantitative estimate of drug-likeness (QED) is 0.0640. The van der Waals surface area contributed by atoms with Crippen LogP contribution < -0.4 is 5.32 Å². The van der Waals surface area contributed by atoms with Gasteiger partial charge in [0.2, 0.25) is 0 Å². The van der Waals surface area contributed by atoms with E-state index in [2.05, 4.69) is 5.32 Å². The second kappa shape index (κ2) is 27.2. The van der Waals surface area contributed by atoms with Gasteiger partial charge in [-0.1, -0.05) is 91.0 Å². The third kappa shape index (κ3) is 18.4. The van der Waals surface area contributed by atoms with Crippen LogP contribution in [0, 0.1) is 29.2 Å². The molecule has 0 aromatic heterocycles. The lowest BCUT2D eigenvalue weighted by Gasteiger charge is -2.37. The van der Waals surface area contributed by atoms with Crippen molar-refractivity contribution in [2.24, 2.45) is 5.92 Å². The molecular formula is C59H69F4N3O10. The Bertz CT molecular complexity index is 2630. The van der Waals surface area contributed by atoms with Crippen LogP contribution in [0.3, 0.4) is 0 Å². The third-order valence-electron chi connectivity index (χ3n) is 12.6. The maximum atomic E-state index is 14.2. The Morgan fingerprint density at radius 3 is 1.34 bits per heavy atom. The SMILES string of the molecule is CC(C)(C)OC(=O)N1CCC[C@@H]1[C@@H](OCc1ccccc1)[C@H](Cc1cc(F)cc(F)c1)C(=O)O.CC(C)(C)OC(=O)N1CCC[C@@H]1[C@@H](OCc1ccccc1)[C@H](Cc1cc(F)cc(F)c1)NC(=O)OCc1ccccc1. The van der Waals surface area contributed by atoms with Crippen molar-refractivity contribution in [1.82, 2.24) is 15.1 Å². The number of nitrogens with zero attached hydrogens (tertiary/aromatic N) is 2. The Morgan fingerprint density at radius 1 is 0.553 bits per heavy atom. The molecule has 408 valence electrons. The topological polar surface area (TPSA) is 153 Å². The van der Waals surface area contributed by atoms with Crippen LogP contribution in [-0.4, -0.2) is 93.8 Å². The number of carboxylic acids is 1. The molecule has 0 spiro atoms. The van der Waals surface area contributed by atoms with Crippen LogP contribution in [-0.2, 0) is 61.1 Å². The fraction of sp³-hybridized carbons (Fsp3) is 0.424. The summed E-state index contributed by atoms with van der Waals surface area (Å²) in [7, 11) is 0. The highest BCUT2D eigenvalue weighted by Crippen LogP contribution is 2.32. The lowest BCUT2D eigenvalue weighted by molar-refractivity contribution is -0.151. The summed E-state index contributed by atoms with van der Waals surface area (Å²) in [5.41, 5.74) is 1.66. The average Bonchev–Trinajstić information content (AvgIpc) is 4.04. The fourth-order valence-corrected chi connectivity index (χ4v) is 9.36. The van der Waals surface area contributed by atoms with E-state index in [-0.39, 0.29) is 38.2 Å². The van der Waals surface area contributed by atoms with E-state index in [1.54, 1.807) is 46.4 Å². The number of carbonyl (C=O) groups is 4. The van der Waals surface area contributed by atoms with Gasteiger partial charge in [0.25, 0.3) is 0 Å². The second-order valence-corrected chi connectivity index (χ2v) is 21.0. The maximum absolute atomic E-state index is 14.2. The van der Waals surface area contributed by atoms with Crippen molar-refractivity contribution < 1.29 is 65.5 Å². The highest BCUT2D eigenvalue weighted by atomic mass is 19.1. The number of hydrogen-bond donors (Lipinski definition) is 2. The van der Waals surface area contributed by atoms with Crippen molar-refractivity contribution in [3.63, 3.8) is 0 Å². The first-order valence-electron chi connectivity index (χ1n) is 25.5. The Kier molecular flexibility index (Phi) is 20.8. The van der Waals surface area contributed by atoms with Crippen LogP contribution in [0.2, 0.25) is 0 Å². The van der Waals surface area contributed by atoms with Gasteiger partial charge in [0.1, 0.15) is 41.1 Å². The standard InChI is InChI=1S/C33H38F2N2O5.C26H31F2NO5/c1-33(2,3)42-32(39)37-16-10-15-29(37)30(40-21-23-11-6-4-7-12-23)28(19-25-17-26(34)20-27(35)18-25)36-31(38)41-22-24-13-8-5-9-14-24;1-26(2,3)34-25(32)29-11-7-10-22(29)23(33-16-17-8-5-4-6-9-17)21(24(30)31)14-18-12-19(27)15-20(28)13-18/h4-9,11-14,17-18,20,28-30H,10,15-16,19,21-22H2,1-3H3,(H,36,38);4-6,8-9,12-13,15,21-23H,7,10-11,14,16H2,1-3H3,(H,30,31)/t28-,29+,30-;21-,22+,23-/m00/s1. The van der Waals surface area contributed by atoms with Gasteiger partial charge in [0.15, 0.2) is 0 Å². The lowest BCUT2D eigenvalue weighted by atomic mass is 9.88. The molecule has 0 radical (unpaired) electrons. The molecular weight excluding hydrogens is 987 g/mol. The summed E-state index contributed by atoms with van der Waals surface area (Å²) in [5, 5.41) is 13.0. The van der Waals surface area contributed by atoms with Gasteiger partial charge >= 0.3 is 24.2 Å². The number of rotatable bonds is 18. The van der Waals surface area contributed by atoms with E-state index in [0.717, 1.165) is 41.0 Å². The molecule has 7 rings (SSSR count). The van der Waals surface area contributed by atoms with Gasteiger partial charge in [0, 0.05) is 25.2 Å². The van der Waals surface area contributed by atoms with Gasteiger partial charge in [-0.3, -0.25) is 4.79 Å². The highest BCUT2D eigenvalue weighted by Gasteiger charge is 2.44. The molecule has 0 aliphatic carbocycles. The van der Waals surface area contributed by atoms with Crippen molar-refractivity contribution in [3.8, 4) is 0 Å². The molecule has 0 bridgehead atoms. The summed E-state index contributed by atoms with van der Waals surface area (Å²) in [5.74, 6) is -5.33. The minimum atomic E-state index is -1.17. The van der Waals surface area contributed by atoms with Gasteiger partial charge in [-0.15, -0.1) is 0 Å². The molecule has 2 saturated heterocycles. The predicted octanol–water partition coefficient (Wildman–Crippen LogP) is 12.0. The van der Waals surface area contributed by atoms with Crippen LogP contribution in [0.4, 0.5) is 31.9 Å². The van der Waals surface area contributed by atoms with Crippen molar-refractivity contribution >= 4 is 24.2 Å². The Morgan fingerprint density at radius 2 is 0.934 bits per heavy atom. The summed E-state index contributed by atoms with van der Waals surface area (Å²) in [6, 6.07) is 32.4. The third-order valence-corrected chi connectivity index (χ3v) is 12.6. The van der Waals surface area contributed by atoms with Crippen LogP contribution in [0.15, 0.2) is 127 Å². The van der Waals surface area contributed by atoms with Crippen LogP contribution >= 0.6 is 0 Å². The van der Waals surface area contributed by atoms with Gasteiger partial charge in [0.05, 0.1) is 49.5 Å². The van der Waals surface area contributed by atoms with E-state index in [1.807, 2.05) is 91.0 Å². The van der Waals surface area contributed by atoms with Crippen LogP contribution in [0.1, 0.15) is 95.0 Å². The molecule has 2 heterocycles. The van der Waals surface area contributed by atoms with Crippen molar-refractivity contribution in [1.29, 1.82) is 0 Å². The predicted molar refractivity (Wildman–Crippen MR) is 277 cm³/mol. The van der Waals surface area contributed by atoms with Crippen molar-refractivity contribution in [3.05, 3.63) is 178 Å². The molecule has 5 aromatic rings. The van der Waals surface area contributed by atoms with Gasteiger partial charge in [-0.25, -0.2) is 31.9 Å². The highest BCUT2D eigenvalue weighted by molar-refractivity contribution is 5.73. The van der Waals surface area contributed by atoms with Gasteiger partial charge < -0.3 is 43.9 Å². The number of carbonyl (C=O) groups excluding carboxylic acids is 3. The first-order chi connectivity index (χ1) is 36.1. The lowest BCUT2D eigenvalue weighted by Crippen LogP contribution is -2.56. The van der Waals surface area contributed by atoms with Gasteiger partial charge in [-0.2, -0.15) is 0 Å². The Balaban J connectivity index is 0.000000252. The summed E-state index contributed by atoms with van der Waals surface area (Å²) >= 11 is 0. The van der Waals surface area contributed by atoms with Gasteiger partial charge in [-0.05, 0) is 132 Å². The number of likely N-dealkylation sites (tertiary alicyclic amines) is 2. The molecule has 76 heavy (non-hydrogen) atoms. The molecule has 0 saturated carbocycles. The summed E-state index contributed by atoms with van der Waals surface area (Å²) in [4.78, 5) is 54.8. The average molecular weight is 1060 g/mol. The number of benzene rings is 5. The van der Waals surface area contributed by atoms with E-state index >= 15 is 0 Å². The summed E-state index contributed by atoms with van der Waals surface area (Å²) in [6.07, 6.45) is -1.04. The number of aliphatic carboxylic acids is 1. The molecule has 5 aromatic carbocycles. The molecule has 6 atom stereocenters. The van der Waals surface area contributed by atoms with Crippen LogP contribution in [0.25, 0.3) is 0 Å². The number of carboxylic acid groups (broad SMARTS) is 1. The fourth-order valence-electron chi connectivity index (χ4n) is 9.36. The Labute approximate surface area is 442 Å². The molecule has 3 amide bonds. The van der Waals surface area contributed by atoms with Crippen LogP contribution in [0.5, 0.6) is 0 Å². The van der Waals surface area contributed by atoms with E-state index in [1.165, 1.54) is 17.0 Å². The number of amides is 3. The van der Waals surface area contributed by atoms with E-state index in [0.29, 0.717) is 44.3 Å². The first kappa shape index (κ1) is 58.3. The first-order valence-corrected chi connectivity index (χ1v) is 25.5. The number of ether oxygens (including phenoxy) is 5. The molecule has 2 N–H and O–H groups in total. The number of nitrogens with one attached hydrogen (secondary N) is 1. The molecule has 2 fully saturated rings. The Hall–Kier alpha value is -6.98. The minimum Gasteiger partial charge on any atom is -0.481 e. The summed E-state index contributed by atoms with van der Waals surface area (Å²) < 4.78 is 85.3. The minimum absolute atomic E-state index is 0.0350. The molecule has 17 heteroatoms. The van der Waals surface area contributed by atoms with E-state index in [9.17, 15) is 41.8 Å². The van der Waals surface area contributed by atoms with E-state index < -0.39 is 95.0 Å². The smallest absolute Gasteiger partial charge is 0.410 e. The maximum Gasteiger partial charge on any atom is 0.410 e. The number of halogens is 4. The number of alkyl carbamates (subject to hydrolysis) is 1. The van der Waals surface area contributed by atoms with Crippen molar-refractivity contribution in [2.45, 2.75) is 141 Å². The normalized spacial score (nSPS) is 17.1. The molecule has 13 nitrogen and oxygen atoms in total. The zero-order valence-electron chi connectivity index (χ0n) is 43.9. The van der Waals surface area contributed by atoms with Crippen molar-refractivity contribution in [2.75, 3.05) is 13.1 Å². The summed E-state index contributed by atoms with van der Waals surface area (Å²) in [6.45, 7) is 11.9. The van der Waals surface area contributed by atoms with E-state index in [4.69, 9.17) is 23.7 Å². The second-order valence-electron chi connectivity index (χ2n) is 21.0.